The van der Waals surface area contributed by atoms with E-state index in [0.717, 1.165) is 31.0 Å². The number of piperidine rings is 1. The van der Waals surface area contributed by atoms with Crippen LogP contribution in [0.1, 0.15) is 54.9 Å². The molecule has 8 heteroatoms. The number of hydrogen-bond acceptors (Lipinski definition) is 6. The molecule has 1 aromatic rings. The molecule has 4 fully saturated rings. The van der Waals surface area contributed by atoms with Gasteiger partial charge in [-0.05, 0) is 68.2 Å². The van der Waals surface area contributed by atoms with Crippen molar-refractivity contribution in [1.29, 1.82) is 0 Å². The first-order valence-electron chi connectivity index (χ1n) is 12.3. The van der Waals surface area contributed by atoms with Gasteiger partial charge in [0.25, 0.3) is 5.91 Å². The maximum Gasteiger partial charge on any atom is 0.255 e. The van der Waals surface area contributed by atoms with Crippen molar-refractivity contribution in [2.24, 2.45) is 11.8 Å². The molecular formula is C25H31N3O5. The minimum Gasteiger partial charge on any atom is -0.488 e. The first-order valence-corrected chi connectivity index (χ1v) is 12.3. The van der Waals surface area contributed by atoms with E-state index in [1.807, 2.05) is 25.1 Å². The molecule has 1 aromatic carbocycles. The third-order valence-corrected chi connectivity index (χ3v) is 8.27. The Morgan fingerprint density at radius 1 is 1.09 bits per heavy atom. The first-order chi connectivity index (χ1) is 16.0. The number of nitrogens with one attached hydrogen (secondary N) is 1. The Bertz CT molecular complexity index is 990. The van der Waals surface area contributed by atoms with E-state index in [2.05, 4.69) is 10.2 Å². The second kappa shape index (κ2) is 8.09. The molecule has 3 heterocycles. The summed E-state index contributed by atoms with van der Waals surface area (Å²) in [5.74, 6) is 1.28. The zero-order valence-electron chi connectivity index (χ0n) is 19.0. The van der Waals surface area contributed by atoms with Gasteiger partial charge in [0.2, 0.25) is 11.8 Å². The fourth-order valence-electron chi connectivity index (χ4n) is 6.72. The quantitative estimate of drug-likeness (QED) is 0.660. The Hall–Kier alpha value is -2.45. The van der Waals surface area contributed by atoms with Crippen LogP contribution >= 0.6 is 0 Å². The molecule has 1 unspecified atom stereocenters. The molecule has 33 heavy (non-hydrogen) atoms. The topological polar surface area (TPSA) is 88.2 Å². The van der Waals surface area contributed by atoms with Gasteiger partial charge >= 0.3 is 0 Å². The van der Waals surface area contributed by atoms with Crippen LogP contribution < -0.4 is 10.1 Å². The number of fused-ring (bicyclic) bond motifs is 3. The third-order valence-electron chi connectivity index (χ3n) is 8.27. The average Bonchev–Trinajstić information content (AvgIpc) is 3.45. The summed E-state index contributed by atoms with van der Waals surface area (Å²) >= 11 is 0. The van der Waals surface area contributed by atoms with E-state index in [-0.39, 0.29) is 30.2 Å². The van der Waals surface area contributed by atoms with Crippen LogP contribution in [0, 0.1) is 11.8 Å². The minimum atomic E-state index is -0.591. The monoisotopic (exact) mass is 453 g/mol. The van der Waals surface area contributed by atoms with Gasteiger partial charge in [-0.2, -0.15) is 0 Å². The summed E-state index contributed by atoms with van der Waals surface area (Å²) < 4.78 is 12.4. The van der Waals surface area contributed by atoms with Gasteiger partial charge in [-0.1, -0.05) is 0 Å². The predicted molar refractivity (Wildman–Crippen MR) is 119 cm³/mol. The maximum atomic E-state index is 13.0. The molecule has 1 N–H and O–H groups in total. The van der Waals surface area contributed by atoms with Crippen LogP contribution in [0.5, 0.6) is 5.75 Å². The van der Waals surface area contributed by atoms with Crippen molar-refractivity contribution in [2.75, 3.05) is 19.7 Å². The Kier molecular flexibility index (Phi) is 5.18. The van der Waals surface area contributed by atoms with Crippen LogP contribution in [-0.4, -0.2) is 71.5 Å². The number of likely N-dealkylation sites (tertiary alicyclic amines) is 1. The van der Waals surface area contributed by atoms with Crippen molar-refractivity contribution >= 4 is 17.7 Å². The predicted octanol–water partition coefficient (Wildman–Crippen LogP) is 1.71. The van der Waals surface area contributed by atoms with Crippen molar-refractivity contribution < 1.29 is 23.9 Å². The van der Waals surface area contributed by atoms with E-state index in [1.54, 1.807) is 4.90 Å². The number of amides is 3. The smallest absolute Gasteiger partial charge is 0.255 e. The van der Waals surface area contributed by atoms with Gasteiger partial charge < -0.3 is 14.4 Å². The molecule has 8 nitrogen and oxygen atoms in total. The highest BCUT2D eigenvalue weighted by molar-refractivity contribution is 6.05. The molecule has 3 aliphatic heterocycles. The zero-order chi connectivity index (χ0) is 22.7. The Morgan fingerprint density at radius 2 is 1.91 bits per heavy atom. The summed E-state index contributed by atoms with van der Waals surface area (Å²) in [5.41, 5.74) is 1.51. The van der Waals surface area contributed by atoms with Crippen molar-refractivity contribution in [2.45, 2.75) is 69.9 Å². The van der Waals surface area contributed by atoms with Gasteiger partial charge in [-0.15, -0.1) is 0 Å². The highest BCUT2D eigenvalue weighted by Gasteiger charge is 2.53. The molecule has 2 saturated carbocycles. The fraction of sp³-hybridized carbons (Fsp3) is 0.640. The van der Waals surface area contributed by atoms with E-state index in [1.165, 1.54) is 19.3 Å². The molecule has 0 spiro atoms. The van der Waals surface area contributed by atoms with Crippen LogP contribution in [0.3, 0.4) is 0 Å². The molecule has 0 radical (unpaired) electrons. The first kappa shape index (κ1) is 21.1. The van der Waals surface area contributed by atoms with Crippen molar-refractivity contribution in [3.8, 4) is 5.75 Å². The van der Waals surface area contributed by atoms with Gasteiger partial charge in [-0.25, -0.2) is 0 Å². The number of carbonyl (C=O) groups excluding carboxylic acids is 3. The molecule has 6 rings (SSSR count). The molecule has 2 aliphatic carbocycles. The largest absolute Gasteiger partial charge is 0.488 e. The highest BCUT2D eigenvalue weighted by atomic mass is 16.5. The molecule has 2 bridgehead atoms. The van der Waals surface area contributed by atoms with Crippen LogP contribution in [0.4, 0.5) is 0 Å². The standard InChI is InChI=1S/C25H31N3O5/c1-2-32-18-12-27(13-18)22-14-3-4-15(9-14)23(22)33-17-5-6-19-16(10-17)11-28(25(19)31)20-7-8-21(29)26-24(20)30/h5-6,10,14-15,18,20,22-23H,2-4,7-9,11-13H2,1H3,(H,26,29,30)/t14-,15+,20?,22+,23-/m1/s1. The van der Waals surface area contributed by atoms with Crippen LogP contribution in [0.15, 0.2) is 18.2 Å². The molecule has 5 aliphatic rings. The average molecular weight is 454 g/mol. The SMILES string of the molecule is CCOC1CN([C@H]2[C@@H]3CC[C@@H](C3)[C@H]2Oc2ccc3c(c2)CN(C2CCC(=O)NC2=O)C3=O)C1. The number of carbonyl (C=O) groups is 3. The van der Waals surface area contributed by atoms with E-state index in [0.29, 0.717) is 42.5 Å². The van der Waals surface area contributed by atoms with Crippen molar-refractivity contribution in [3.63, 3.8) is 0 Å². The van der Waals surface area contributed by atoms with Crippen LogP contribution in [0.25, 0.3) is 0 Å². The van der Waals surface area contributed by atoms with Gasteiger partial charge in [0.05, 0.1) is 6.10 Å². The second-order valence-corrected chi connectivity index (χ2v) is 10.2. The zero-order valence-corrected chi connectivity index (χ0v) is 19.0. The summed E-state index contributed by atoms with van der Waals surface area (Å²) in [5, 5.41) is 2.36. The molecule has 2 saturated heterocycles. The van der Waals surface area contributed by atoms with E-state index in [9.17, 15) is 14.4 Å². The normalized spacial score (nSPS) is 33.9. The van der Waals surface area contributed by atoms with Gasteiger partial charge in [0, 0.05) is 44.3 Å². The summed E-state index contributed by atoms with van der Waals surface area (Å²) in [6, 6.07) is 5.55. The van der Waals surface area contributed by atoms with Crippen LogP contribution in [0.2, 0.25) is 0 Å². The molecule has 3 amide bonds. The highest BCUT2D eigenvalue weighted by Crippen LogP contribution is 2.49. The lowest BCUT2D eigenvalue weighted by molar-refractivity contribution is -0.136. The Labute approximate surface area is 193 Å². The molecule has 176 valence electrons. The number of benzene rings is 1. The molecular weight excluding hydrogens is 422 g/mol. The maximum absolute atomic E-state index is 13.0. The van der Waals surface area contributed by atoms with Gasteiger partial charge in [0.1, 0.15) is 17.9 Å². The number of nitrogens with zero attached hydrogens (tertiary/aromatic N) is 2. The minimum absolute atomic E-state index is 0.147. The number of imide groups is 1. The molecule has 5 atom stereocenters. The summed E-state index contributed by atoms with van der Waals surface area (Å²) in [6.07, 6.45) is 4.90. The lowest BCUT2D eigenvalue weighted by Crippen LogP contribution is -2.61. The summed E-state index contributed by atoms with van der Waals surface area (Å²) in [4.78, 5) is 40.9. The Balaban J connectivity index is 1.16. The molecule has 0 aromatic heterocycles. The third kappa shape index (κ3) is 3.54. The van der Waals surface area contributed by atoms with E-state index < -0.39 is 6.04 Å². The summed E-state index contributed by atoms with van der Waals surface area (Å²) in [7, 11) is 0. The lowest BCUT2D eigenvalue weighted by Gasteiger charge is -2.47. The van der Waals surface area contributed by atoms with Gasteiger partial charge in [0.15, 0.2) is 0 Å². The van der Waals surface area contributed by atoms with E-state index >= 15 is 0 Å². The summed E-state index contributed by atoms with van der Waals surface area (Å²) in [6.45, 7) is 5.16. The lowest BCUT2D eigenvalue weighted by atomic mass is 9.89. The fourth-order valence-corrected chi connectivity index (χ4v) is 6.72. The Morgan fingerprint density at radius 3 is 2.70 bits per heavy atom. The number of hydrogen-bond donors (Lipinski definition) is 1. The second-order valence-electron chi connectivity index (χ2n) is 10.2. The number of rotatable bonds is 6. The van der Waals surface area contributed by atoms with Gasteiger partial charge in [-0.3, -0.25) is 24.6 Å². The number of ether oxygens (including phenoxy) is 2. The van der Waals surface area contributed by atoms with Crippen molar-refractivity contribution in [1.82, 2.24) is 15.1 Å². The van der Waals surface area contributed by atoms with E-state index in [4.69, 9.17) is 9.47 Å². The van der Waals surface area contributed by atoms with Crippen molar-refractivity contribution in [3.05, 3.63) is 29.3 Å². The van der Waals surface area contributed by atoms with Crippen LogP contribution in [-0.2, 0) is 20.9 Å².